The van der Waals surface area contributed by atoms with Crippen LogP contribution in [-0.2, 0) is 11.3 Å². The lowest BCUT2D eigenvalue weighted by Gasteiger charge is -2.13. The Balaban J connectivity index is 1.64. The predicted octanol–water partition coefficient (Wildman–Crippen LogP) is 2.45. The van der Waals surface area contributed by atoms with Crippen molar-refractivity contribution in [2.75, 3.05) is 19.5 Å². The molecule has 142 valence electrons. The molecule has 2 aromatic heterocycles. The second-order valence-corrected chi connectivity index (χ2v) is 6.83. The summed E-state index contributed by atoms with van der Waals surface area (Å²) in [6, 6.07) is 8.82. The summed E-state index contributed by atoms with van der Waals surface area (Å²) in [4.78, 5) is 12.5. The Kier molecular flexibility index (Phi) is 5.97. The smallest absolute Gasteiger partial charge is 0.237 e. The molecule has 0 aliphatic carbocycles. The first kappa shape index (κ1) is 18.8. The Hall–Kier alpha value is -3.01. The van der Waals surface area contributed by atoms with Gasteiger partial charge in [-0.3, -0.25) is 4.79 Å². The van der Waals surface area contributed by atoms with E-state index < -0.39 is 5.25 Å². The maximum atomic E-state index is 12.5. The van der Waals surface area contributed by atoms with Gasteiger partial charge in [-0.25, -0.2) is 4.68 Å². The molecular weight excluding hydrogens is 370 g/mol. The van der Waals surface area contributed by atoms with Gasteiger partial charge < -0.3 is 19.2 Å². The normalized spacial score (nSPS) is 11.8. The highest BCUT2D eigenvalue weighted by atomic mass is 32.2. The topological polar surface area (TPSA) is 104 Å². The van der Waals surface area contributed by atoms with E-state index in [1.54, 1.807) is 56.4 Å². The number of thioether (sulfide) groups is 1. The zero-order valence-electron chi connectivity index (χ0n) is 15.1. The summed E-state index contributed by atoms with van der Waals surface area (Å²) in [5.74, 6) is 1.68. The van der Waals surface area contributed by atoms with E-state index in [9.17, 15) is 4.79 Å². The van der Waals surface area contributed by atoms with Crippen molar-refractivity contribution in [1.82, 2.24) is 20.2 Å². The Bertz CT molecular complexity index is 897. The maximum Gasteiger partial charge on any atom is 0.237 e. The summed E-state index contributed by atoms with van der Waals surface area (Å²) in [7, 11) is 3.10. The van der Waals surface area contributed by atoms with E-state index in [0.29, 0.717) is 28.9 Å². The van der Waals surface area contributed by atoms with E-state index >= 15 is 0 Å². The molecule has 1 atom stereocenters. The number of hydrogen-bond acceptors (Lipinski definition) is 8. The average Bonchev–Trinajstić information content (AvgIpc) is 3.34. The van der Waals surface area contributed by atoms with Crippen molar-refractivity contribution in [3.05, 3.63) is 42.4 Å². The third kappa shape index (κ3) is 4.59. The van der Waals surface area contributed by atoms with Gasteiger partial charge in [0, 0.05) is 11.8 Å². The average molecular weight is 389 g/mol. The van der Waals surface area contributed by atoms with Crippen LogP contribution in [0.2, 0.25) is 0 Å². The number of carbonyl (C=O) groups excluding carboxylic acids is 1. The fourth-order valence-electron chi connectivity index (χ4n) is 2.30. The van der Waals surface area contributed by atoms with Crippen LogP contribution in [0.5, 0.6) is 11.5 Å². The summed E-state index contributed by atoms with van der Waals surface area (Å²) < 4.78 is 17.3. The molecule has 27 heavy (non-hydrogen) atoms. The van der Waals surface area contributed by atoms with Gasteiger partial charge in [0.2, 0.25) is 11.1 Å². The number of tetrazole rings is 1. The number of furan rings is 1. The predicted molar refractivity (Wildman–Crippen MR) is 99.1 cm³/mol. The molecule has 1 amide bonds. The molecule has 0 bridgehead atoms. The van der Waals surface area contributed by atoms with Gasteiger partial charge in [0.25, 0.3) is 0 Å². The molecule has 9 nitrogen and oxygen atoms in total. The number of hydrogen-bond donors (Lipinski definition) is 1. The van der Waals surface area contributed by atoms with Crippen molar-refractivity contribution < 1.29 is 18.7 Å². The quantitative estimate of drug-likeness (QED) is 0.586. The number of carbonyl (C=O) groups is 1. The molecule has 1 N–H and O–H groups in total. The highest BCUT2D eigenvalue weighted by Gasteiger charge is 2.19. The fraction of sp³-hybridized carbons (Fsp3) is 0.294. The first-order chi connectivity index (χ1) is 13.1. The Morgan fingerprint density at radius 1 is 1.30 bits per heavy atom. The number of nitrogens with zero attached hydrogens (tertiary/aromatic N) is 4. The van der Waals surface area contributed by atoms with E-state index in [1.165, 1.54) is 11.8 Å². The van der Waals surface area contributed by atoms with E-state index in [1.807, 2.05) is 6.07 Å². The molecule has 0 aliphatic rings. The third-order valence-electron chi connectivity index (χ3n) is 3.69. The second-order valence-electron chi connectivity index (χ2n) is 5.52. The van der Waals surface area contributed by atoms with Crippen molar-refractivity contribution in [1.29, 1.82) is 0 Å². The van der Waals surface area contributed by atoms with Gasteiger partial charge in [0.15, 0.2) is 11.5 Å². The van der Waals surface area contributed by atoms with E-state index in [2.05, 4.69) is 20.8 Å². The van der Waals surface area contributed by atoms with Crippen LogP contribution in [0.4, 0.5) is 5.69 Å². The zero-order valence-corrected chi connectivity index (χ0v) is 15.9. The molecule has 0 aliphatic heterocycles. The van der Waals surface area contributed by atoms with Crippen molar-refractivity contribution in [2.24, 2.45) is 0 Å². The van der Waals surface area contributed by atoms with E-state index in [4.69, 9.17) is 13.9 Å². The maximum absolute atomic E-state index is 12.5. The molecule has 3 aromatic rings. The van der Waals surface area contributed by atoms with Crippen LogP contribution in [0.25, 0.3) is 0 Å². The molecule has 3 rings (SSSR count). The molecule has 0 spiro atoms. The summed E-state index contributed by atoms with van der Waals surface area (Å²) in [6.07, 6.45) is 1.59. The minimum atomic E-state index is -0.417. The van der Waals surface area contributed by atoms with Crippen molar-refractivity contribution in [3.63, 3.8) is 0 Å². The number of nitrogens with one attached hydrogen (secondary N) is 1. The van der Waals surface area contributed by atoms with Gasteiger partial charge in [-0.15, -0.1) is 5.10 Å². The first-order valence-electron chi connectivity index (χ1n) is 8.08. The highest BCUT2D eigenvalue weighted by Crippen LogP contribution is 2.30. The van der Waals surface area contributed by atoms with Crippen LogP contribution < -0.4 is 14.8 Å². The molecule has 10 heteroatoms. The van der Waals surface area contributed by atoms with Gasteiger partial charge in [-0.1, -0.05) is 11.8 Å². The van der Waals surface area contributed by atoms with E-state index in [-0.39, 0.29) is 5.91 Å². The van der Waals surface area contributed by atoms with Crippen LogP contribution in [-0.4, -0.2) is 45.6 Å². The molecule has 0 saturated heterocycles. The fourth-order valence-corrected chi connectivity index (χ4v) is 3.09. The Labute approximate surface area is 160 Å². The molecule has 1 unspecified atom stereocenters. The van der Waals surface area contributed by atoms with Gasteiger partial charge in [0.05, 0.1) is 25.7 Å². The number of anilines is 1. The highest BCUT2D eigenvalue weighted by molar-refractivity contribution is 8.00. The lowest BCUT2D eigenvalue weighted by atomic mass is 10.2. The van der Waals surface area contributed by atoms with Gasteiger partial charge in [-0.05, 0) is 41.6 Å². The van der Waals surface area contributed by atoms with Crippen molar-refractivity contribution in [3.8, 4) is 11.5 Å². The summed E-state index contributed by atoms with van der Waals surface area (Å²) in [5.41, 5.74) is 0.611. The summed E-state index contributed by atoms with van der Waals surface area (Å²) >= 11 is 1.26. The number of amides is 1. The minimum Gasteiger partial charge on any atom is -0.493 e. The Morgan fingerprint density at radius 2 is 2.11 bits per heavy atom. The van der Waals surface area contributed by atoms with Crippen molar-refractivity contribution in [2.45, 2.75) is 23.9 Å². The third-order valence-corrected chi connectivity index (χ3v) is 4.76. The SMILES string of the molecule is COc1ccc(NC(=O)C(C)Sc2nnnn2Cc2ccco2)cc1OC. The first-order valence-corrected chi connectivity index (χ1v) is 8.96. The standard InChI is InChI=1S/C17H19N5O4S/c1-11(16(23)18-12-6-7-14(24-2)15(9-12)25-3)27-17-19-20-21-22(17)10-13-5-4-8-26-13/h4-9,11H,10H2,1-3H3,(H,18,23). The monoisotopic (exact) mass is 389 g/mol. The zero-order chi connectivity index (χ0) is 19.2. The van der Waals surface area contributed by atoms with Crippen LogP contribution in [0.1, 0.15) is 12.7 Å². The van der Waals surface area contributed by atoms with Crippen LogP contribution in [0.15, 0.2) is 46.2 Å². The summed E-state index contributed by atoms with van der Waals surface area (Å²) in [6.45, 7) is 2.18. The molecule has 2 heterocycles. The Morgan fingerprint density at radius 3 is 2.81 bits per heavy atom. The number of methoxy groups -OCH3 is 2. The molecule has 0 radical (unpaired) electrons. The minimum absolute atomic E-state index is 0.181. The van der Waals surface area contributed by atoms with E-state index in [0.717, 1.165) is 5.76 Å². The number of rotatable bonds is 8. The summed E-state index contributed by atoms with van der Waals surface area (Å²) in [5, 5.41) is 14.6. The number of ether oxygens (including phenoxy) is 2. The molecule has 1 aromatic carbocycles. The number of benzene rings is 1. The second kappa shape index (κ2) is 8.58. The lowest BCUT2D eigenvalue weighted by molar-refractivity contribution is -0.115. The van der Waals surface area contributed by atoms with Crippen LogP contribution in [0.3, 0.4) is 0 Å². The van der Waals surface area contributed by atoms with Gasteiger partial charge in [-0.2, -0.15) is 0 Å². The van der Waals surface area contributed by atoms with Crippen LogP contribution in [0, 0.1) is 0 Å². The number of aromatic nitrogens is 4. The van der Waals surface area contributed by atoms with Crippen molar-refractivity contribution >= 4 is 23.4 Å². The molecular formula is C17H19N5O4S. The lowest BCUT2D eigenvalue weighted by Crippen LogP contribution is -2.23. The van der Waals surface area contributed by atoms with Gasteiger partial charge >= 0.3 is 0 Å². The van der Waals surface area contributed by atoms with Crippen LogP contribution >= 0.6 is 11.8 Å². The van der Waals surface area contributed by atoms with Gasteiger partial charge in [0.1, 0.15) is 12.3 Å². The largest absolute Gasteiger partial charge is 0.493 e. The molecule has 0 fully saturated rings. The molecule has 0 saturated carbocycles.